The highest BCUT2D eigenvalue weighted by atomic mass is 32.2. The van der Waals surface area contributed by atoms with Crippen molar-refractivity contribution in [1.29, 1.82) is 0 Å². The first kappa shape index (κ1) is 18.6. The number of amides is 2. The number of ketones is 1. The Kier molecular flexibility index (Phi) is 5.82. The van der Waals surface area contributed by atoms with Crippen molar-refractivity contribution >= 4 is 46.4 Å². The molecular formula is C18H16N4O4S. The van der Waals surface area contributed by atoms with E-state index >= 15 is 0 Å². The smallest absolute Gasteiger partial charge is 0.240 e. The highest BCUT2D eigenvalue weighted by Crippen LogP contribution is 2.23. The number of nitrogens with one attached hydrogen (secondary N) is 2. The molecule has 0 aliphatic carbocycles. The highest BCUT2D eigenvalue weighted by molar-refractivity contribution is 8.15. The SMILES string of the molecule is CC(=O)c1cccc(NC(=O)C[C@H]2SC(=NN=Cc3ccco3)NC2=O)c1. The number of hydrogen-bond acceptors (Lipinski definition) is 7. The normalized spacial score (nSPS) is 18.0. The molecule has 138 valence electrons. The van der Waals surface area contributed by atoms with E-state index in [0.29, 0.717) is 22.2 Å². The minimum Gasteiger partial charge on any atom is -0.463 e. The Balaban J connectivity index is 1.56. The minimum absolute atomic E-state index is 0.0261. The zero-order valence-corrected chi connectivity index (χ0v) is 15.2. The molecule has 9 heteroatoms. The monoisotopic (exact) mass is 384 g/mol. The standard InChI is InChI=1S/C18H16N4O4S/c1-11(23)12-4-2-5-13(8-12)20-16(24)9-15-17(25)21-18(27-15)22-19-10-14-6-3-7-26-14/h2-8,10,15H,9H2,1H3,(H,20,24)(H,21,22,25)/t15-/m1/s1. The summed E-state index contributed by atoms with van der Waals surface area (Å²) in [7, 11) is 0. The Morgan fingerprint density at radius 1 is 1.33 bits per heavy atom. The summed E-state index contributed by atoms with van der Waals surface area (Å²) in [6, 6.07) is 10.1. The van der Waals surface area contributed by atoms with Crippen LogP contribution in [0, 0.1) is 0 Å². The number of carbonyl (C=O) groups is 3. The summed E-state index contributed by atoms with van der Waals surface area (Å²) in [5.41, 5.74) is 1.01. The van der Waals surface area contributed by atoms with Crippen LogP contribution in [0.5, 0.6) is 0 Å². The quantitative estimate of drug-likeness (QED) is 0.451. The Morgan fingerprint density at radius 3 is 2.93 bits per heavy atom. The summed E-state index contributed by atoms with van der Waals surface area (Å²) in [6.45, 7) is 1.45. The van der Waals surface area contributed by atoms with Crippen LogP contribution in [0.25, 0.3) is 0 Å². The molecule has 1 aromatic carbocycles. The molecule has 1 saturated heterocycles. The number of amidine groups is 1. The van der Waals surface area contributed by atoms with Crippen molar-refractivity contribution < 1.29 is 18.8 Å². The first-order chi connectivity index (χ1) is 13.0. The molecule has 3 rings (SSSR count). The second-order valence-electron chi connectivity index (χ2n) is 5.65. The predicted octanol–water partition coefficient (Wildman–Crippen LogP) is 2.43. The number of furan rings is 1. The van der Waals surface area contributed by atoms with Crippen LogP contribution in [-0.2, 0) is 9.59 Å². The first-order valence-corrected chi connectivity index (χ1v) is 8.92. The number of nitrogens with zero attached hydrogens (tertiary/aromatic N) is 2. The molecule has 0 radical (unpaired) electrons. The third-order valence-corrected chi connectivity index (χ3v) is 4.65. The van der Waals surface area contributed by atoms with Crippen LogP contribution in [-0.4, -0.2) is 34.2 Å². The third-order valence-electron chi connectivity index (χ3n) is 3.58. The number of carbonyl (C=O) groups excluding carboxylic acids is 3. The van der Waals surface area contributed by atoms with Gasteiger partial charge in [-0.15, -0.1) is 5.10 Å². The zero-order chi connectivity index (χ0) is 19.2. The molecule has 27 heavy (non-hydrogen) atoms. The largest absolute Gasteiger partial charge is 0.463 e. The van der Waals surface area contributed by atoms with Crippen molar-refractivity contribution in [3.8, 4) is 0 Å². The maximum atomic E-state index is 12.2. The molecular weight excluding hydrogens is 368 g/mol. The fourth-order valence-electron chi connectivity index (χ4n) is 2.29. The van der Waals surface area contributed by atoms with Gasteiger partial charge in [0.25, 0.3) is 0 Å². The van der Waals surface area contributed by atoms with Gasteiger partial charge in [-0.1, -0.05) is 23.9 Å². The number of thioether (sulfide) groups is 1. The third kappa shape index (κ3) is 5.14. The molecule has 0 spiro atoms. The van der Waals surface area contributed by atoms with Gasteiger partial charge in [0.2, 0.25) is 11.8 Å². The molecule has 2 heterocycles. The van der Waals surface area contributed by atoms with Crippen molar-refractivity contribution in [3.63, 3.8) is 0 Å². The van der Waals surface area contributed by atoms with E-state index in [9.17, 15) is 14.4 Å². The molecule has 0 unspecified atom stereocenters. The number of benzene rings is 1. The van der Waals surface area contributed by atoms with Crippen LogP contribution in [0.2, 0.25) is 0 Å². The summed E-state index contributed by atoms with van der Waals surface area (Å²) < 4.78 is 5.09. The van der Waals surface area contributed by atoms with Gasteiger partial charge >= 0.3 is 0 Å². The van der Waals surface area contributed by atoms with Gasteiger partial charge in [0.1, 0.15) is 11.0 Å². The average molecular weight is 384 g/mol. The summed E-state index contributed by atoms with van der Waals surface area (Å²) in [4.78, 5) is 35.6. The number of anilines is 1. The topological polar surface area (TPSA) is 113 Å². The molecule has 1 aliphatic heterocycles. The Hall–Kier alpha value is -3.20. The van der Waals surface area contributed by atoms with E-state index in [0.717, 1.165) is 11.8 Å². The first-order valence-electron chi connectivity index (χ1n) is 8.04. The molecule has 2 aromatic rings. The summed E-state index contributed by atoms with van der Waals surface area (Å²) in [5.74, 6) is -0.187. The maximum absolute atomic E-state index is 12.2. The van der Waals surface area contributed by atoms with E-state index in [1.807, 2.05) is 0 Å². The van der Waals surface area contributed by atoms with Crippen LogP contribution < -0.4 is 10.6 Å². The van der Waals surface area contributed by atoms with E-state index in [4.69, 9.17) is 4.42 Å². The molecule has 2 amide bonds. The van der Waals surface area contributed by atoms with Crippen LogP contribution >= 0.6 is 11.8 Å². The van der Waals surface area contributed by atoms with Gasteiger partial charge < -0.3 is 15.1 Å². The minimum atomic E-state index is -0.599. The summed E-state index contributed by atoms with van der Waals surface area (Å²) in [5, 5.41) is 12.7. The van der Waals surface area contributed by atoms with Crippen LogP contribution in [0.15, 0.2) is 57.3 Å². The Labute approximate surface area is 159 Å². The maximum Gasteiger partial charge on any atom is 0.240 e. The van der Waals surface area contributed by atoms with E-state index in [1.165, 1.54) is 19.4 Å². The van der Waals surface area contributed by atoms with Crippen LogP contribution in [0.3, 0.4) is 0 Å². The van der Waals surface area contributed by atoms with Gasteiger partial charge in [-0.2, -0.15) is 5.10 Å². The van der Waals surface area contributed by atoms with E-state index < -0.39 is 5.25 Å². The van der Waals surface area contributed by atoms with Crippen molar-refractivity contribution in [2.45, 2.75) is 18.6 Å². The van der Waals surface area contributed by atoms with Crippen molar-refractivity contribution in [3.05, 3.63) is 54.0 Å². The van der Waals surface area contributed by atoms with Crippen molar-refractivity contribution in [2.24, 2.45) is 10.2 Å². The highest BCUT2D eigenvalue weighted by Gasteiger charge is 2.32. The van der Waals surface area contributed by atoms with Gasteiger partial charge in [-0.25, -0.2) is 0 Å². The van der Waals surface area contributed by atoms with Gasteiger partial charge in [0, 0.05) is 17.7 Å². The molecule has 1 atom stereocenters. The van der Waals surface area contributed by atoms with E-state index in [2.05, 4.69) is 20.8 Å². The molecule has 0 bridgehead atoms. The fourth-order valence-corrected chi connectivity index (χ4v) is 3.21. The lowest BCUT2D eigenvalue weighted by molar-refractivity contribution is -0.122. The lowest BCUT2D eigenvalue weighted by Gasteiger charge is -2.08. The van der Waals surface area contributed by atoms with E-state index in [-0.39, 0.29) is 24.0 Å². The number of Topliss-reactive ketones (excluding diaryl/α,β-unsaturated/α-hetero) is 1. The number of hydrogen-bond donors (Lipinski definition) is 2. The zero-order valence-electron chi connectivity index (χ0n) is 14.3. The molecule has 1 aliphatic rings. The molecule has 1 fully saturated rings. The molecule has 0 saturated carbocycles. The van der Waals surface area contributed by atoms with E-state index in [1.54, 1.807) is 36.4 Å². The fraction of sp³-hybridized carbons (Fsp3) is 0.167. The van der Waals surface area contributed by atoms with Gasteiger partial charge in [-0.3, -0.25) is 14.4 Å². The van der Waals surface area contributed by atoms with Gasteiger partial charge in [0.15, 0.2) is 11.0 Å². The number of rotatable bonds is 6. The van der Waals surface area contributed by atoms with Crippen molar-refractivity contribution in [2.75, 3.05) is 5.32 Å². The van der Waals surface area contributed by atoms with Crippen LogP contribution in [0.4, 0.5) is 5.69 Å². The Bertz CT molecular complexity index is 921. The van der Waals surface area contributed by atoms with Gasteiger partial charge in [-0.05, 0) is 31.2 Å². The van der Waals surface area contributed by atoms with Crippen molar-refractivity contribution in [1.82, 2.24) is 5.32 Å². The summed E-state index contributed by atoms with van der Waals surface area (Å²) >= 11 is 1.13. The average Bonchev–Trinajstić information content (AvgIpc) is 3.25. The second-order valence-corrected chi connectivity index (χ2v) is 6.84. The second kappa shape index (κ2) is 8.45. The molecule has 1 aromatic heterocycles. The predicted molar refractivity (Wildman–Crippen MR) is 103 cm³/mol. The lowest BCUT2D eigenvalue weighted by atomic mass is 10.1. The van der Waals surface area contributed by atoms with Gasteiger partial charge in [0.05, 0.1) is 12.5 Å². The Morgan fingerprint density at radius 2 is 2.19 bits per heavy atom. The van der Waals surface area contributed by atoms with Crippen LogP contribution in [0.1, 0.15) is 29.5 Å². The molecule has 2 N–H and O–H groups in total. The lowest BCUT2D eigenvalue weighted by Crippen LogP contribution is -2.28. The summed E-state index contributed by atoms with van der Waals surface area (Å²) in [6.07, 6.45) is 2.91. The molecule has 8 nitrogen and oxygen atoms in total.